The van der Waals surface area contributed by atoms with E-state index < -0.39 is 97.5 Å². The lowest BCUT2D eigenvalue weighted by atomic mass is 10.1. The Kier molecular flexibility index (Phi) is 71.2. The minimum Gasteiger partial charge on any atom is -0.462 e. The number of hydrogen-bond donors (Lipinski definition) is 3. The molecule has 0 saturated heterocycles. The van der Waals surface area contributed by atoms with Crippen molar-refractivity contribution in [3.8, 4) is 0 Å². The van der Waals surface area contributed by atoms with Crippen LogP contribution in [0.4, 0.5) is 0 Å². The van der Waals surface area contributed by atoms with Gasteiger partial charge in [-0.25, -0.2) is 9.13 Å². The number of unbranched alkanes of at least 4 members (excludes halogenated alkanes) is 39. The molecule has 17 nitrogen and oxygen atoms in total. The van der Waals surface area contributed by atoms with Crippen LogP contribution >= 0.6 is 15.6 Å². The molecular weight excluding hydrogens is 1310 g/mol. The van der Waals surface area contributed by atoms with E-state index in [1.807, 2.05) is 0 Å². The first kappa shape index (κ1) is 96.5. The number of hydrogen-bond acceptors (Lipinski definition) is 15. The number of rotatable bonds is 76. The second kappa shape index (κ2) is 73.8. The summed E-state index contributed by atoms with van der Waals surface area (Å²) in [6.07, 6.45) is 74.4. The molecule has 0 rings (SSSR count). The summed E-state index contributed by atoms with van der Waals surface area (Å²) >= 11 is 0. The van der Waals surface area contributed by atoms with E-state index in [0.717, 1.165) is 161 Å². The largest absolute Gasteiger partial charge is 0.472 e. The molecule has 0 aromatic rings. The SMILES string of the molecule is CCCCC/C=C\C/C=C\CCCCCCCC(=O)O[C@H](COC(=O)CCCCCCC/C=C\C=C/CCCCCC)COP(=O)(O)OC[C@H](O)COP(=O)(O)OC[C@@H](COC(=O)CCCCCCC/C=C\CCCCCCCC)OC(=O)CCCCCCC/C=C\CCCCCCCC. The summed E-state index contributed by atoms with van der Waals surface area (Å²) in [6.45, 7) is 4.82. The van der Waals surface area contributed by atoms with Gasteiger partial charge in [0.25, 0.3) is 0 Å². The van der Waals surface area contributed by atoms with Gasteiger partial charge in [0.05, 0.1) is 26.4 Å². The maximum atomic E-state index is 13.1. The number of aliphatic hydroxyl groups is 1. The molecule has 0 bridgehead atoms. The van der Waals surface area contributed by atoms with E-state index in [-0.39, 0.29) is 25.7 Å². The van der Waals surface area contributed by atoms with Crippen molar-refractivity contribution < 1.29 is 80.2 Å². The van der Waals surface area contributed by atoms with Crippen molar-refractivity contribution in [2.75, 3.05) is 39.6 Å². The van der Waals surface area contributed by atoms with E-state index in [9.17, 15) is 43.2 Å². The maximum Gasteiger partial charge on any atom is 0.472 e. The third-order valence-corrected chi connectivity index (χ3v) is 19.0. The molecule has 0 aromatic carbocycles. The van der Waals surface area contributed by atoms with Crippen molar-refractivity contribution in [2.45, 2.75) is 380 Å². The Morgan fingerprint density at radius 3 is 0.840 bits per heavy atom. The number of ether oxygens (including phenoxy) is 4. The van der Waals surface area contributed by atoms with Crippen LogP contribution in [0.25, 0.3) is 0 Å². The number of allylic oxidation sites excluding steroid dienone is 12. The van der Waals surface area contributed by atoms with E-state index >= 15 is 0 Å². The molecule has 0 aliphatic carbocycles. The molecule has 2 unspecified atom stereocenters. The third kappa shape index (κ3) is 72.8. The van der Waals surface area contributed by atoms with Crippen LogP contribution in [0.15, 0.2) is 72.9 Å². The lowest BCUT2D eigenvalue weighted by Crippen LogP contribution is -2.30. The highest BCUT2D eigenvalue weighted by Crippen LogP contribution is 2.45. The molecule has 19 heteroatoms. The summed E-state index contributed by atoms with van der Waals surface area (Å²) in [5.41, 5.74) is 0. The molecule has 0 fully saturated rings. The first-order valence-corrected chi connectivity index (χ1v) is 43.2. The Morgan fingerprint density at radius 1 is 0.290 bits per heavy atom. The summed E-state index contributed by atoms with van der Waals surface area (Å²) < 4.78 is 68.6. The smallest absolute Gasteiger partial charge is 0.462 e. The fourth-order valence-electron chi connectivity index (χ4n) is 10.9. The van der Waals surface area contributed by atoms with Gasteiger partial charge in [-0.15, -0.1) is 0 Å². The van der Waals surface area contributed by atoms with E-state index in [1.54, 1.807) is 0 Å². The quantitative estimate of drug-likeness (QED) is 0.0128. The molecule has 100 heavy (non-hydrogen) atoms. The van der Waals surface area contributed by atoms with E-state index in [0.29, 0.717) is 25.7 Å². The summed E-state index contributed by atoms with van der Waals surface area (Å²) in [7, 11) is -9.96. The number of carbonyl (C=O) groups is 4. The van der Waals surface area contributed by atoms with Crippen molar-refractivity contribution in [1.82, 2.24) is 0 Å². The average molecular weight is 1450 g/mol. The molecule has 0 aliphatic rings. The lowest BCUT2D eigenvalue weighted by Gasteiger charge is -2.21. The Labute approximate surface area is 609 Å². The fraction of sp³-hybridized carbons (Fsp3) is 0.802. The number of carbonyl (C=O) groups excluding carboxylic acids is 4. The van der Waals surface area contributed by atoms with Gasteiger partial charge in [0.2, 0.25) is 0 Å². The summed E-state index contributed by atoms with van der Waals surface area (Å²) in [5.74, 6) is -2.20. The Hall–Kier alpha value is -3.50. The predicted octanol–water partition coefficient (Wildman–Crippen LogP) is 23.2. The van der Waals surface area contributed by atoms with Crippen LogP contribution in [0.2, 0.25) is 0 Å². The Morgan fingerprint density at radius 2 is 0.520 bits per heavy atom. The molecule has 0 amide bonds. The highest BCUT2D eigenvalue weighted by Gasteiger charge is 2.30. The molecule has 582 valence electrons. The summed E-state index contributed by atoms with van der Waals surface area (Å²) in [4.78, 5) is 73.0. The molecule has 0 saturated carbocycles. The molecule has 0 aromatic heterocycles. The van der Waals surface area contributed by atoms with E-state index in [2.05, 4.69) is 101 Å². The molecule has 0 spiro atoms. The Bertz CT molecular complexity index is 2180. The highest BCUT2D eigenvalue weighted by molar-refractivity contribution is 7.47. The molecule has 0 radical (unpaired) electrons. The van der Waals surface area contributed by atoms with E-state index in [1.165, 1.54) is 122 Å². The van der Waals surface area contributed by atoms with Crippen molar-refractivity contribution >= 4 is 39.5 Å². The van der Waals surface area contributed by atoms with Gasteiger partial charge >= 0.3 is 39.5 Å². The van der Waals surface area contributed by atoms with Crippen LogP contribution in [-0.2, 0) is 65.4 Å². The minimum absolute atomic E-state index is 0.0775. The average Bonchev–Trinajstić information content (AvgIpc) is 1.25. The van der Waals surface area contributed by atoms with Gasteiger partial charge in [0, 0.05) is 25.7 Å². The van der Waals surface area contributed by atoms with Crippen LogP contribution < -0.4 is 0 Å². The van der Waals surface area contributed by atoms with Gasteiger partial charge in [0.15, 0.2) is 12.2 Å². The van der Waals surface area contributed by atoms with Crippen molar-refractivity contribution in [3.05, 3.63) is 72.9 Å². The number of aliphatic hydroxyl groups excluding tert-OH is 1. The van der Waals surface area contributed by atoms with Crippen molar-refractivity contribution in [3.63, 3.8) is 0 Å². The van der Waals surface area contributed by atoms with Gasteiger partial charge in [-0.2, -0.15) is 0 Å². The molecular formula is C81H146O17P2. The van der Waals surface area contributed by atoms with Crippen molar-refractivity contribution in [1.29, 1.82) is 0 Å². The fourth-order valence-corrected chi connectivity index (χ4v) is 12.5. The molecule has 0 aliphatic heterocycles. The topological polar surface area (TPSA) is 237 Å². The standard InChI is InChI=1S/C81H146O17P2/c1-5-9-13-17-21-25-29-33-37-41-45-49-53-57-61-65-78(83)91-71-76(97-80(85)67-63-59-55-51-47-43-39-35-31-27-23-19-15-11-7-3)73-95-99(87,88)93-69-75(82)70-94-100(89,90)96-74-77(98-81(86)68-64-60-56-52-48-44-40-36-32-28-24-20-16-12-8-4)72-92-79(84)66-62-58-54-50-46-42-38-34-30-26-22-18-14-10-6-2/h23,25,27,29,33-40,75-77,82H,5-22,24,26,28,30-32,41-74H2,1-4H3,(H,87,88)(H,89,90)/b27-23-,29-25-,37-33-,38-34-,39-35-,40-36-/t75-,76+,77+/m0/s1. The van der Waals surface area contributed by atoms with Gasteiger partial charge < -0.3 is 33.8 Å². The second-order valence-corrected chi connectivity index (χ2v) is 29.9. The molecule has 0 heterocycles. The van der Waals surface area contributed by atoms with Crippen molar-refractivity contribution in [2.24, 2.45) is 0 Å². The minimum atomic E-state index is -4.98. The van der Waals surface area contributed by atoms with Crippen LogP contribution in [0.1, 0.15) is 362 Å². The van der Waals surface area contributed by atoms with Gasteiger partial charge in [-0.05, 0) is 135 Å². The number of phosphoric acid groups is 2. The first-order valence-electron chi connectivity index (χ1n) is 40.2. The van der Waals surface area contributed by atoms with Crippen LogP contribution in [0.5, 0.6) is 0 Å². The summed E-state index contributed by atoms with van der Waals surface area (Å²) in [6, 6.07) is 0. The van der Waals surface area contributed by atoms with Crippen LogP contribution in [0, 0.1) is 0 Å². The lowest BCUT2D eigenvalue weighted by molar-refractivity contribution is -0.161. The van der Waals surface area contributed by atoms with Gasteiger partial charge in [0.1, 0.15) is 19.3 Å². The van der Waals surface area contributed by atoms with E-state index in [4.69, 9.17) is 37.0 Å². The maximum absolute atomic E-state index is 13.1. The Balaban J connectivity index is 5.37. The first-order chi connectivity index (χ1) is 48.7. The highest BCUT2D eigenvalue weighted by atomic mass is 31.2. The number of esters is 4. The van der Waals surface area contributed by atoms with Gasteiger partial charge in [-0.3, -0.25) is 37.3 Å². The zero-order chi connectivity index (χ0) is 73.2. The zero-order valence-electron chi connectivity index (χ0n) is 63.6. The van der Waals surface area contributed by atoms with Crippen LogP contribution in [-0.4, -0.2) is 96.7 Å². The second-order valence-electron chi connectivity index (χ2n) is 27.0. The normalized spacial score (nSPS) is 14.3. The summed E-state index contributed by atoms with van der Waals surface area (Å²) in [5, 5.41) is 10.6. The zero-order valence-corrected chi connectivity index (χ0v) is 65.4. The molecule has 5 atom stereocenters. The number of phosphoric ester groups is 2. The predicted molar refractivity (Wildman–Crippen MR) is 409 cm³/mol. The van der Waals surface area contributed by atoms with Gasteiger partial charge in [-0.1, -0.05) is 274 Å². The third-order valence-electron chi connectivity index (χ3n) is 17.1. The monoisotopic (exact) mass is 1450 g/mol. The molecule has 3 N–H and O–H groups in total. The van der Waals surface area contributed by atoms with Crippen LogP contribution in [0.3, 0.4) is 0 Å².